The normalized spacial score (nSPS) is 14.8. The summed E-state index contributed by atoms with van der Waals surface area (Å²) < 4.78 is 9.13. The van der Waals surface area contributed by atoms with Crippen molar-refractivity contribution in [3.8, 4) is 28.4 Å². The molecule has 6 aromatic carbocycles. The Bertz CT molecular complexity index is 2780. The smallest absolute Gasteiger partial charge is 0.137 e. The van der Waals surface area contributed by atoms with Crippen molar-refractivity contribution in [1.82, 2.24) is 9.55 Å². The molecule has 5 nitrogen and oxygen atoms in total. The van der Waals surface area contributed by atoms with Crippen LogP contribution < -0.4 is 14.5 Å². The molecule has 4 heterocycles. The number of rotatable bonds is 3. The third-order valence-electron chi connectivity index (χ3n) is 11.8. The highest BCUT2D eigenvalue weighted by Gasteiger charge is 2.53. The summed E-state index contributed by atoms with van der Waals surface area (Å²) in [5.74, 6) is 2.50. The van der Waals surface area contributed by atoms with E-state index in [-0.39, 0.29) is 5.41 Å². The Balaban J connectivity index is 1.09. The topological polar surface area (TPSA) is 33.5 Å². The van der Waals surface area contributed by atoms with Gasteiger partial charge in [-0.15, -0.1) is 0 Å². The van der Waals surface area contributed by atoms with Crippen LogP contribution in [0.25, 0.3) is 38.8 Å². The van der Waals surface area contributed by atoms with Crippen molar-refractivity contribution < 1.29 is 4.74 Å². The molecule has 0 unspecified atom stereocenters. The van der Waals surface area contributed by atoms with Gasteiger partial charge in [0.2, 0.25) is 0 Å². The number of fused-ring (bicyclic) bond motifs is 12. The summed E-state index contributed by atoms with van der Waals surface area (Å²) in [5, 5.41) is 2.37. The molecule has 0 atom stereocenters. The Morgan fingerprint density at radius 2 is 1.28 bits per heavy atom. The summed E-state index contributed by atoms with van der Waals surface area (Å²) in [6.45, 7) is 7.51. The molecule has 1 spiro atoms. The molecule has 256 valence electrons. The second-order valence-electron chi connectivity index (χ2n) is 15.7. The Morgan fingerprint density at radius 1 is 0.604 bits per heavy atom. The van der Waals surface area contributed by atoms with Crippen molar-refractivity contribution in [3.05, 3.63) is 174 Å². The zero-order valence-corrected chi connectivity index (χ0v) is 30.3. The van der Waals surface area contributed by atoms with Gasteiger partial charge in [0.15, 0.2) is 0 Å². The molecular weight excluding hydrogens is 649 g/mol. The Morgan fingerprint density at radius 3 is 2.08 bits per heavy atom. The Labute approximate surface area is 309 Å². The van der Waals surface area contributed by atoms with Gasteiger partial charge in [-0.05, 0) is 86.8 Å². The second kappa shape index (κ2) is 10.6. The number of benzene rings is 6. The Kier molecular flexibility index (Phi) is 6.07. The first-order valence-corrected chi connectivity index (χ1v) is 18.5. The lowest BCUT2D eigenvalue weighted by Crippen LogP contribution is -2.37. The second-order valence-corrected chi connectivity index (χ2v) is 15.7. The van der Waals surface area contributed by atoms with E-state index in [1.807, 2.05) is 6.20 Å². The van der Waals surface area contributed by atoms with Crippen molar-refractivity contribution in [2.75, 3.05) is 23.5 Å². The van der Waals surface area contributed by atoms with E-state index in [1.54, 1.807) is 0 Å². The van der Waals surface area contributed by atoms with E-state index >= 15 is 0 Å². The summed E-state index contributed by atoms with van der Waals surface area (Å²) in [5.41, 5.74) is 14.6. The Hall–Kier alpha value is -6.33. The van der Waals surface area contributed by atoms with E-state index in [2.05, 4.69) is 182 Å². The first-order chi connectivity index (χ1) is 25.8. The maximum absolute atomic E-state index is 6.86. The van der Waals surface area contributed by atoms with E-state index in [0.29, 0.717) is 0 Å². The summed E-state index contributed by atoms with van der Waals surface area (Å²) in [6, 6.07) is 50.9. The van der Waals surface area contributed by atoms with Gasteiger partial charge in [-0.3, -0.25) is 4.57 Å². The molecule has 1 aliphatic carbocycles. The fourth-order valence-corrected chi connectivity index (χ4v) is 9.46. The van der Waals surface area contributed by atoms with Gasteiger partial charge in [-0.1, -0.05) is 106 Å². The fourth-order valence-electron chi connectivity index (χ4n) is 9.46. The van der Waals surface area contributed by atoms with Gasteiger partial charge in [0.1, 0.15) is 17.3 Å². The van der Waals surface area contributed by atoms with Crippen LogP contribution in [-0.4, -0.2) is 23.3 Å². The summed E-state index contributed by atoms with van der Waals surface area (Å²) in [4.78, 5) is 9.73. The predicted octanol–water partition coefficient (Wildman–Crippen LogP) is 11.5. The van der Waals surface area contributed by atoms with E-state index < -0.39 is 5.41 Å². The minimum atomic E-state index is -0.442. The molecule has 11 rings (SSSR count). The molecule has 0 fully saturated rings. The zero-order chi connectivity index (χ0) is 35.6. The summed E-state index contributed by atoms with van der Waals surface area (Å²) >= 11 is 0. The SMILES string of the molecule is CN1CN2c3cc(Oc4ccc5c6ccccc6n(-c6cc(C(C)(C)C)ccn6)c5c4)ccc3C3(c4ccccc4-c4ccccc43)c3cccc1c32. The van der Waals surface area contributed by atoms with Crippen molar-refractivity contribution >= 4 is 38.9 Å². The first kappa shape index (κ1) is 30.3. The maximum atomic E-state index is 6.86. The number of hydrogen-bond acceptors (Lipinski definition) is 4. The summed E-state index contributed by atoms with van der Waals surface area (Å²) in [6.07, 6.45) is 1.93. The van der Waals surface area contributed by atoms with Crippen LogP contribution in [0.5, 0.6) is 11.5 Å². The minimum absolute atomic E-state index is 0.00380. The highest BCUT2D eigenvalue weighted by atomic mass is 16.5. The van der Waals surface area contributed by atoms with Crippen LogP contribution in [0.2, 0.25) is 0 Å². The third-order valence-corrected chi connectivity index (χ3v) is 11.8. The molecule has 0 saturated carbocycles. The lowest BCUT2D eigenvalue weighted by molar-refractivity contribution is 0.482. The van der Waals surface area contributed by atoms with Gasteiger partial charge in [-0.25, -0.2) is 4.98 Å². The van der Waals surface area contributed by atoms with Crippen molar-refractivity contribution in [1.29, 1.82) is 0 Å². The van der Waals surface area contributed by atoms with Crippen LogP contribution in [0, 0.1) is 0 Å². The standard InChI is InChI=1S/C48H38N4O/c1-47(2,3)30-24-25-49-45(26-30)52-41-18-10-7-14-35(41)36-22-20-31(27-43(36)52)53-32-21-23-39-44(28-32)51-29-50(4)42-19-11-17-40(46(42)51)48(39)37-15-8-5-12-33(37)34-13-6-9-16-38(34)48/h5-28H,29H2,1-4H3. The van der Waals surface area contributed by atoms with Gasteiger partial charge in [0, 0.05) is 36.1 Å². The number of anilines is 3. The first-order valence-electron chi connectivity index (χ1n) is 18.5. The molecule has 0 N–H and O–H groups in total. The zero-order valence-electron chi connectivity index (χ0n) is 30.3. The average molecular weight is 687 g/mol. The number of para-hydroxylation sites is 2. The number of hydrogen-bond donors (Lipinski definition) is 0. The monoisotopic (exact) mass is 686 g/mol. The van der Waals surface area contributed by atoms with Crippen LogP contribution in [0.15, 0.2) is 146 Å². The minimum Gasteiger partial charge on any atom is -0.457 e. The third kappa shape index (κ3) is 4.05. The van der Waals surface area contributed by atoms with Crippen molar-refractivity contribution in [2.45, 2.75) is 31.6 Å². The van der Waals surface area contributed by atoms with Crippen LogP contribution >= 0.6 is 0 Å². The molecule has 2 aromatic heterocycles. The van der Waals surface area contributed by atoms with Crippen LogP contribution in [-0.2, 0) is 10.8 Å². The van der Waals surface area contributed by atoms with Crippen LogP contribution in [0.3, 0.4) is 0 Å². The molecule has 2 aliphatic heterocycles. The molecule has 0 radical (unpaired) electrons. The molecule has 5 heteroatoms. The summed E-state index contributed by atoms with van der Waals surface area (Å²) in [7, 11) is 2.19. The highest BCUT2D eigenvalue weighted by Crippen LogP contribution is 2.65. The molecule has 0 bridgehead atoms. The number of aromatic nitrogens is 2. The lowest BCUT2D eigenvalue weighted by Gasteiger charge is -2.43. The highest BCUT2D eigenvalue weighted by molar-refractivity contribution is 6.09. The lowest BCUT2D eigenvalue weighted by atomic mass is 9.65. The fraction of sp³-hybridized carbons (Fsp3) is 0.146. The van der Waals surface area contributed by atoms with Crippen LogP contribution in [0.1, 0.15) is 48.6 Å². The van der Waals surface area contributed by atoms with Crippen molar-refractivity contribution in [2.24, 2.45) is 0 Å². The molecule has 53 heavy (non-hydrogen) atoms. The van der Waals surface area contributed by atoms with Gasteiger partial charge < -0.3 is 14.5 Å². The maximum Gasteiger partial charge on any atom is 0.137 e. The molecule has 3 aliphatic rings. The van der Waals surface area contributed by atoms with Gasteiger partial charge >= 0.3 is 0 Å². The largest absolute Gasteiger partial charge is 0.457 e. The van der Waals surface area contributed by atoms with Crippen molar-refractivity contribution in [3.63, 3.8) is 0 Å². The van der Waals surface area contributed by atoms with E-state index in [1.165, 1.54) is 66.8 Å². The number of pyridine rings is 1. The van der Waals surface area contributed by atoms with E-state index in [4.69, 9.17) is 9.72 Å². The predicted molar refractivity (Wildman–Crippen MR) is 217 cm³/mol. The van der Waals surface area contributed by atoms with E-state index in [9.17, 15) is 0 Å². The number of nitrogens with zero attached hydrogens (tertiary/aromatic N) is 4. The molecule has 0 amide bonds. The van der Waals surface area contributed by atoms with Gasteiger partial charge in [0.25, 0.3) is 0 Å². The molecule has 8 aromatic rings. The number of ether oxygens (including phenoxy) is 1. The van der Waals surface area contributed by atoms with Gasteiger partial charge in [0.05, 0.1) is 40.2 Å². The van der Waals surface area contributed by atoms with Gasteiger partial charge in [-0.2, -0.15) is 0 Å². The molecular formula is C48H38N4O. The average Bonchev–Trinajstić information content (AvgIpc) is 3.80. The van der Waals surface area contributed by atoms with E-state index in [0.717, 1.165) is 35.0 Å². The molecule has 0 saturated heterocycles. The quantitative estimate of drug-likeness (QED) is 0.185. The van der Waals surface area contributed by atoms with Crippen LogP contribution in [0.4, 0.5) is 17.1 Å².